The molecule has 1 heterocycles. The predicted octanol–water partition coefficient (Wildman–Crippen LogP) is 3.02. The first-order valence-corrected chi connectivity index (χ1v) is 13.5. The second-order valence-electron chi connectivity index (χ2n) is 9.71. The van der Waals surface area contributed by atoms with E-state index in [-0.39, 0.29) is 37.2 Å². The summed E-state index contributed by atoms with van der Waals surface area (Å²) < 4.78 is 10.7. The Bertz CT molecular complexity index is 1340. The Labute approximate surface area is 239 Å². The molecule has 0 unspecified atom stereocenters. The lowest BCUT2D eigenvalue weighted by Crippen LogP contribution is -2.55. The number of amides is 3. The van der Waals surface area contributed by atoms with Gasteiger partial charge in [0.25, 0.3) is 5.91 Å². The van der Waals surface area contributed by atoms with Crippen LogP contribution >= 0.6 is 0 Å². The molecule has 214 valence electrons. The number of aliphatic imine (C=N–C) groups is 1. The summed E-state index contributed by atoms with van der Waals surface area (Å²) in [6, 6.07) is 24.5. The Balaban J connectivity index is 1.18. The molecule has 3 aromatic rings. The number of nitrogens with two attached hydrogens (primary N) is 1. The Hall–Kier alpha value is -4.54. The molecule has 0 spiro atoms. The van der Waals surface area contributed by atoms with Gasteiger partial charge in [0.2, 0.25) is 5.91 Å². The van der Waals surface area contributed by atoms with Crippen LogP contribution < -0.4 is 16.5 Å². The molecule has 0 saturated carbocycles. The number of benzene rings is 3. The van der Waals surface area contributed by atoms with Gasteiger partial charge in [-0.05, 0) is 30.0 Å². The van der Waals surface area contributed by atoms with Gasteiger partial charge in [-0.15, -0.1) is 0 Å². The molecule has 1 fully saturated rings. The van der Waals surface area contributed by atoms with E-state index in [1.54, 1.807) is 24.3 Å². The number of morpholine rings is 1. The van der Waals surface area contributed by atoms with Crippen LogP contribution in [0.15, 0.2) is 83.9 Å². The third-order valence-electron chi connectivity index (χ3n) is 6.54. The molecule has 4 rings (SSSR count). The number of nitrogens with zero attached hydrogens (tertiary/aromatic N) is 2. The number of aryl methyl sites for hydroxylation is 1. The molecular formula is C31H35N5O5. The topological polar surface area (TPSA) is 135 Å². The van der Waals surface area contributed by atoms with Gasteiger partial charge in [-0.25, -0.2) is 10.2 Å². The number of hydrazine groups is 1. The van der Waals surface area contributed by atoms with E-state index in [0.29, 0.717) is 25.3 Å². The van der Waals surface area contributed by atoms with Crippen LogP contribution in [-0.4, -0.2) is 54.6 Å². The van der Waals surface area contributed by atoms with Gasteiger partial charge < -0.3 is 20.5 Å². The predicted molar refractivity (Wildman–Crippen MR) is 155 cm³/mol. The number of hydrogen-bond donors (Lipinski definition) is 3. The molecule has 3 aromatic carbocycles. The highest BCUT2D eigenvalue weighted by atomic mass is 16.5. The van der Waals surface area contributed by atoms with Gasteiger partial charge in [0, 0.05) is 18.7 Å². The summed E-state index contributed by atoms with van der Waals surface area (Å²) in [6.07, 6.45) is -0.902. The van der Waals surface area contributed by atoms with Gasteiger partial charge in [0.1, 0.15) is 18.5 Å². The second kappa shape index (κ2) is 14.7. The Kier molecular flexibility index (Phi) is 10.6. The molecule has 1 aliphatic rings. The molecule has 41 heavy (non-hydrogen) atoms. The van der Waals surface area contributed by atoms with Gasteiger partial charge in [-0.2, -0.15) is 4.99 Å². The fourth-order valence-electron chi connectivity index (χ4n) is 4.18. The third-order valence-corrected chi connectivity index (χ3v) is 6.54. The van der Waals surface area contributed by atoms with Crippen molar-refractivity contribution in [1.29, 1.82) is 0 Å². The average molecular weight is 558 g/mol. The highest BCUT2D eigenvalue weighted by Gasteiger charge is 2.31. The zero-order valence-electron chi connectivity index (χ0n) is 23.0. The molecule has 3 amide bonds. The number of nitrogens with one attached hydrogen (secondary N) is 2. The molecule has 10 heteroatoms. The highest BCUT2D eigenvalue weighted by molar-refractivity contribution is 6.02. The van der Waals surface area contributed by atoms with Crippen molar-refractivity contribution < 1.29 is 23.9 Å². The zero-order chi connectivity index (χ0) is 29.0. The van der Waals surface area contributed by atoms with Crippen molar-refractivity contribution in [3.63, 3.8) is 0 Å². The van der Waals surface area contributed by atoms with Crippen molar-refractivity contribution >= 4 is 23.7 Å². The van der Waals surface area contributed by atoms with Crippen molar-refractivity contribution in [2.45, 2.75) is 39.0 Å². The van der Waals surface area contributed by atoms with Crippen LogP contribution in [0.2, 0.25) is 0 Å². The molecule has 1 atom stereocenters. The van der Waals surface area contributed by atoms with Crippen molar-refractivity contribution in [3.05, 3.63) is 107 Å². The van der Waals surface area contributed by atoms with Gasteiger partial charge in [-0.3, -0.25) is 14.6 Å². The molecule has 4 N–H and O–H groups in total. The fourth-order valence-corrected chi connectivity index (χ4v) is 4.18. The monoisotopic (exact) mass is 557 g/mol. The molecule has 0 bridgehead atoms. The second-order valence-corrected chi connectivity index (χ2v) is 9.71. The number of rotatable bonds is 11. The van der Waals surface area contributed by atoms with Crippen molar-refractivity contribution in [1.82, 2.24) is 15.8 Å². The van der Waals surface area contributed by atoms with Crippen molar-refractivity contribution in [3.8, 4) is 0 Å². The Morgan fingerprint density at radius 2 is 1.71 bits per heavy atom. The van der Waals surface area contributed by atoms with Gasteiger partial charge >= 0.3 is 6.09 Å². The third kappa shape index (κ3) is 9.26. The minimum Gasteiger partial charge on any atom is -0.443 e. The number of carbonyl (C=O) groups is 3. The number of carbonyl (C=O) groups excluding carboxylic acids is 3. The average Bonchev–Trinajstić information content (AvgIpc) is 2.98. The molecule has 1 aliphatic heterocycles. The largest absolute Gasteiger partial charge is 0.443 e. The first-order valence-electron chi connectivity index (χ1n) is 13.5. The van der Waals surface area contributed by atoms with Crippen LogP contribution in [0.1, 0.15) is 34.2 Å². The van der Waals surface area contributed by atoms with Crippen molar-refractivity contribution in [2.24, 2.45) is 10.7 Å². The van der Waals surface area contributed by atoms with Crippen LogP contribution in [0.25, 0.3) is 0 Å². The molecule has 0 aromatic heterocycles. The van der Waals surface area contributed by atoms with Crippen LogP contribution in [-0.2, 0) is 38.6 Å². The number of hydrogen-bond acceptors (Lipinski definition) is 6. The van der Waals surface area contributed by atoms with Crippen LogP contribution in [0, 0.1) is 6.92 Å². The maximum Gasteiger partial charge on any atom is 0.435 e. The summed E-state index contributed by atoms with van der Waals surface area (Å²) in [6.45, 7) is 3.79. The van der Waals surface area contributed by atoms with Gasteiger partial charge in [0.15, 0.2) is 0 Å². The standard InChI is InChI=1S/C31H35N5O5/c1-22-7-9-23(10-8-22)15-16-34-36-17-18-40-27(30(36)38)19-28(37)33-20-24-11-13-26(14-12-24)29(32)35-31(39)41-21-25-5-3-2-4-6-25/h2-14,27,34H,15-21H2,1H3,(H,33,37)(H2,32,35,39)/t27-/m0/s1. The molecule has 1 saturated heterocycles. The van der Waals surface area contributed by atoms with Crippen LogP contribution in [0.3, 0.4) is 0 Å². The van der Waals surface area contributed by atoms with E-state index in [2.05, 4.69) is 40.0 Å². The van der Waals surface area contributed by atoms with Crippen molar-refractivity contribution in [2.75, 3.05) is 19.7 Å². The SMILES string of the molecule is Cc1ccc(CCNN2CCO[C@@H](CC(=O)NCc3ccc(/C(N)=N/C(=O)OCc4ccccc4)cc3)C2=O)cc1. The quantitative estimate of drug-likeness (QED) is 0.244. The van der Waals surface area contributed by atoms with Gasteiger partial charge in [-0.1, -0.05) is 84.4 Å². The first-order chi connectivity index (χ1) is 19.9. The summed E-state index contributed by atoms with van der Waals surface area (Å²) in [5.41, 5.74) is 13.7. The minimum absolute atomic E-state index is 0.0311. The van der Waals surface area contributed by atoms with Crippen LogP contribution in [0.5, 0.6) is 0 Å². The fraction of sp³-hybridized carbons (Fsp3) is 0.290. The first kappa shape index (κ1) is 29.4. The van der Waals surface area contributed by atoms with E-state index in [1.807, 2.05) is 37.3 Å². The summed E-state index contributed by atoms with van der Waals surface area (Å²) in [4.78, 5) is 41.2. The Morgan fingerprint density at radius 1 is 1.00 bits per heavy atom. The summed E-state index contributed by atoms with van der Waals surface area (Å²) in [5, 5.41) is 4.36. The summed E-state index contributed by atoms with van der Waals surface area (Å²) in [5.74, 6) is -0.517. The lowest BCUT2D eigenvalue weighted by Gasteiger charge is -2.32. The van der Waals surface area contributed by atoms with E-state index in [1.165, 1.54) is 16.1 Å². The number of amidine groups is 1. The lowest BCUT2D eigenvalue weighted by molar-refractivity contribution is -0.159. The highest BCUT2D eigenvalue weighted by Crippen LogP contribution is 2.11. The van der Waals surface area contributed by atoms with Crippen LogP contribution in [0.4, 0.5) is 4.79 Å². The van der Waals surface area contributed by atoms with E-state index >= 15 is 0 Å². The summed E-state index contributed by atoms with van der Waals surface area (Å²) >= 11 is 0. The molecule has 0 radical (unpaired) electrons. The summed E-state index contributed by atoms with van der Waals surface area (Å²) in [7, 11) is 0. The number of ether oxygens (including phenoxy) is 2. The Morgan fingerprint density at radius 3 is 2.44 bits per heavy atom. The molecule has 0 aliphatic carbocycles. The maximum atomic E-state index is 12.8. The van der Waals surface area contributed by atoms with Gasteiger partial charge in [0.05, 0.1) is 19.6 Å². The van der Waals surface area contributed by atoms with E-state index < -0.39 is 12.2 Å². The molecular weight excluding hydrogens is 522 g/mol. The minimum atomic E-state index is -0.837. The molecule has 10 nitrogen and oxygen atoms in total. The normalized spacial score (nSPS) is 15.4. The van der Waals surface area contributed by atoms with E-state index in [4.69, 9.17) is 15.2 Å². The maximum absolute atomic E-state index is 12.8. The zero-order valence-corrected chi connectivity index (χ0v) is 23.0. The van der Waals surface area contributed by atoms with E-state index in [0.717, 1.165) is 17.5 Å². The lowest BCUT2D eigenvalue weighted by atomic mass is 10.1. The van der Waals surface area contributed by atoms with E-state index in [9.17, 15) is 14.4 Å². The smallest absolute Gasteiger partial charge is 0.435 e.